The van der Waals surface area contributed by atoms with E-state index in [0.717, 1.165) is 5.56 Å². The maximum Gasteiger partial charge on any atom is 0.253 e. The largest absolute Gasteiger partial charge is 0.366 e. The molecule has 0 radical (unpaired) electrons. The van der Waals surface area contributed by atoms with Gasteiger partial charge in [-0.3, -0.25) is 9.59 Å². The number of hydrogen-bond donors (Lipinski definition) is 0. The summed E-state index contributed by atoms with van der Waals surface area (Å²) in [5.41, 5.74) is 2.05. The van der Waals surface area contributed by atoms with E-state index in [9.17, 15) is 14.0 Å². The predicted octanol–water partition coefficient (Wildman–Crippen LogP) is 2.89. The first kappa shape index (κ1) is 19.6. The number of carbonyl (C=O) groups is 2. The van der Waals surface area contributed by atoms with E-state index >= 15 is 0 Å². The Labute approximate surface area is 164 Å². The lowest BCUT2D eigenvalue weighted by Gasteiger charge is -2.35. The second-order valence-electron chi connectivity index (χ2n) is 6.92. The number of piperazine rings is 1. The molecule has 1 heterocycles. The lowest BCUT2D eigenvalue weighted by molar-refractivity contribution is -0.126. The number of hydrogen-bond acceptors (Lipinski definition) is 3. The minimum Gasteiger partial charge on any atom is -0.366 e. The van der Waals surface area contributed by atoms with Gasteiger partial charge < -0.3 is 14.7 Å². The van der Waals surface area contributed by atoms with Crippen molar-refractivity contribution in [1.82, 2.24) is 9.80 Å². The predicted molar refractivity (Wildman–Crippen MR) is 109 cm³/mol. The molecule has 0 unspecified atom stereocenters. The minimum atomic E-state index is -0.238. The van der Waals surface area contributed by atoms with Gasteiger partial charge >= 0.3 is 0 Å². The number of halogens is 1. The van der Waals surface area contributed by atoms with E-state index in [4.69, 9.17) is 0 Å². The number of nitrogens with zero attached hydrogens (tertiary/aromatic N) is 3. The van der Waals surface area contributed by atoms with Gasteiger partial charge in [-0.05, 0) is 35.9 Å². The van der Waals surface area contributed by atoms with Crippen molar-refractivity contribution >= 4 is 23.6 Å². The fourth-order valence-electron chi connectivity index (χ4n) is 3.14. The average Bonchev–Trinajstić information content (AvgIpc) is 2.72. The SMILES string of the molecule is CN(C)C(=O)c1ccc(/C=C/C(=O)N2CCN(c3ccccc3F)CC2)cc1. The molecule has 1 aliphatic rings. The molecular weight excluding hydrogens is 357 g/mol. The smallest absolute Gasteiger partial charge is 0.253 e. The highest BCUT2D eigenvalue weighted by atomic mass is 19.1. The van der Waals surface area contributed by atoms with Gasteiger partial charge in [0.2, 0.25) is 5.91 Å². The Hall–Kier alpha value is -3.15. The second-order valence-corrected chi connectivity index (χ2v) is 6.92. The fourth-order valence-corrected chi connectivity index (χ4v) is 3.14. The Morgan fingerprint density at radius 2 is 1.61 bits per heavy atom. The molecule has 1 fully saturated rings. The number of rotatable bonds is 4. The van der Waals surface area contributed by atoms with Crippen LogP contribution in [-0.2, 0) is 4.79 Å². The van der Waals surface area contributed by atoms with E-state index in [1.165, 1.54) is 11.0 Å². The molecule has 0 atom stereocenters. The van der Waals surface area contributed by atoms with Crippen LogP contribution in [0.3, 0.4) is 0 Å². The van der Waals surface area contributed by atoms with Crippen molar-refractivity contribution in [3.05, 3.63) is 71.6 Å². The Morgan fingerprint density at radius 1 is 0.964 bits per heavy atom. The average molecular weight is 381 g/mol. The number of amides is 2. The Balaban J connectivity index is 1.56. The van der Waals surface area contributed by atoms with E-state index in [2.05, 4.69) is 0 Å². The molecular formula is C22H24FN3O2. The van der Waals surface area contributed by atoms with E-state index in [-0.39, 0.29) is 17.6 Å². The van der Waals surface area contributed by atoms with Crippen molar-refractivity contribution in [2.24, 2.45) is 0 Å². The van der Waals surface area contributed by atoms with Crippen LogP contribution in [-0.4, -0.2) is 61.9 Å². The van der Waals surface area contributed by atoms with Gasteiger partial charge in [0.15, 0.2) is 0 Å². The lowest BCUT2D eigenvalue weighted by Crippen LogP contribution is -2.48. The molecule has 146 valence electrons. The van der Waals surface area contributed by atoms with Gasteiger partial charge in [0.1, 0.15) is 5.82 Å². The highest BCUT2D eigenvalue weighted by Crippen LogP contribution is 2.20. The van der Waals surface area contributed by atoms with Crippen molar-refractivity contribution in [3.8, 4) is 0 Å². The second kappa shape index (κ2) is 8.69. The summed E-state index contributed by atoms with van der Waals surface area (Å²) in [5.74, 6) is -0.362. The van der Waals surface area contributed by atoms with Crippen LogP contribution in [0.15, 0.2) is 54.6 Å². The van der Waals surface area contributed by atoms with Crippen LogP contribution in [0.4, 0.5) is 10.1 Å². The summed E-state index contributed by atoms with van der Waals surface area (Å²) in [5, 5.41) is 0. The number of anilines is 1. The Morgan fingerprint density at radius 3 is 2.21 bits per heavy atom. The number of benzene rings is 2. The van der Waals surface area contributed by atoms with Crippen molar-refractivity contribution in [2.75, 3.05) is 45.2 Å². The zero-order valence-electron chi connectivity index (χ0n) is 16.1. The van der Waals surface area contributed by atoms with Gasteiger partial charge in [-0.1, -0.05) is 24.3 Å². The van der Waals surface area contributed by atoms with E-state index in [1.54, 1.807) is 55.4 Å². The molecule has 0 bridgehead atoms. The summed E-state index contributed by atoms with van der Waals surface area (Å²) in [6.45, 7) is 2.30. The Bertz CT molecular complexity index is 870. The molecule has 2 aromatic carbocycles. The van der Waals surface area contributed by atoms with Gasteiger partial charge in [-0.25, -0.2) is 4.39 Å². The van der Waals surface area contributed by atoms with Crippen LogP contribution in [0, 0.1) is 5.82 Å². The lowest BCUT2D eigenvalue weighted by atomic mass is 10.1. The Kier molecular flexibility index (Phi) is 6.09. The van der Waals surface area contributed by atoms with E-state index < -0.39 is 0 Å². The maximum atomic E-state index is 13.9. The molecule has 0 aromatic heterocycles. The number of para-hydroxylation sites is 1. The molecule has 2 aromatic rings. The monoisotopic (exact) mass is 381 g/mol. The van der Waals surface area contributed by atoms with Crippen LogP contribution in [0.5, 0.6) is 0 Å². The fraction of sp³-hybridized carbons (Fsp3) is 0.273. The first-order chi connectivity index (χ1) is 13.5. The molecule has 0 spiro atoms. The van der Waals surface area contributed by atoms with Crippen molar-refractivity contribution in [2.45, 2.75) is 0 Å². The third-order valence-electron chi connectivity index (χ3n) is 4.77. The van der Waals surface area contributed by atoms with Gasteiger partial charge in [0.05, 0.1) is 5.69 Å². The van der Waals surface area contributed by atoms with Gasteiger partial charge in [0.25, 0.3) is 5.91 Å². The van der Waals surface area contributed by atoms with Gasteiger partial charge in [-0.15, -0.1) is 0 Å². The third kappa shape index (κ3) is 4.57. The van der Waals surface area contributed by atoms with Crippen LogP contribution >= 0.6 is 0 Å². The summed E-state index contributed by atoms with van der Waals surface area (Å²) < 4.78 is 13.9. The molecule has 28 heavy (non-hydrogen) atoms. The molecule has 1 saturated heterocycles. The quantitative estimate of drug-likeness (QED) is 0.765. The molecule has 2 amide bonds. The van der Waals surface area contributed by atoms with Crippen molar-refractivity contribution in [3.63, 3.8) is 0 Å². The summed E-state index contributed by atoms with van der Waals surface area (Å²) >= 11 is 0. The molecule has 0 N–H and O–H groups in total. The van der Waals surface area contributed by atoms with Crippen LogP contribution in [0.25, 0.3) is 6.08 Å². The third-order valence-corrected chi connectivity index (χ3v) is 4.77. The minimum absolute atomic E-state index is 0.0562. The summed E-state index contributed by atoms with van der Waals surface area (Å²) in [4.78, 5) is 29.6. The van der Waals surface area contributed by atoms with Crippen molar-refractivity contribution in [1.29, 1.82) is 0 Å². The van der Waals surface area contributed by atoms with Gasteiger partial charge in [0, 0.05) is 51.9 Å². The highest BCUT2D eigenvalue weighted by Gasteiger charge is 2.21. The first-order valence-electron chi connectivity index (χ1n) is 9.24. The molecule has 0 saturated carbocycles. The number of carbonyl (C=O) groups excluding carboxylic acids is 2. The molecule has 1 aliphatic heterocycles. The molecule has 5 nitrogen and oxygen atoms in total. The maximum absolute atomic E-state index is 13.9. The highest BCUT2D eigenvalue weighted by molar-refractivity contribution is 5.94. The zero-order chi connectivity index (χ0) is 20.1. The normalized spacial score (nSPS) is 14.4. The van der Waals surface area contributed by atoms with E-state index in [1.807, 2.05) is 23.1 Å². The molecule has 0 aliphatic carbocycles. The van der Waals surface area contributed by atoms with Crippen LogP contribution in [0.1, 0.15) is 15.9 Å². The summed E-state index contributed by atoms with van der Waals surface area (Å²) in [7, 11) is 3.42. The van der Waals surface area contributed by atoms with Crippen molar-refractivity contribution < 1.29 is 14.0 Å². The summed E-state index contributed by atoms with van der Waals surface area (Å²) in [6, 6.07) is 13.8. The van der Waals surface area contributed by atoms with Crippen LogP contribution < -0.4 is 4.90 Å². The van der Waals surface area contributed by atoms with Gasteiger partial charge in [-0.2, -0.15) is 0 Å². The van der Waals surface area contributed by atoms with Crippen LogP contribution in [0.2, 0.25) is 0 Å². The molecule has 6 heteroatoms. The van der Waals surface area contributed by atoms with E-state index in [0.29, 0.717) is 37.4 Å². The first-order valence-corrected chi connectivity index (χ1v) is 9.24. The molecule has 3 rings (SSSR count). The zero-order valence-corrected chi connectivity index (χ0v) is 16.1. The topological polar surface area (TPSA) is 43.9 Å². The standard InChI is InChI=1S/C22H24FN3O2/c1-24(2)22(28)18-10-7-17(8-11-18)9-12-21(27)26-15-13-25(14-16-26)20-6-4-3-5-19(20)23/h3-12H,13-16H2,1-2H3/b12-9+. The summed E-state index contributed by atoms with van der Waals surface area (Å²) in [6.07, 6.45) is 3.29.